The highest BCUT2D eigenvalue weighted by molar-refractivity contribution is 7.89. The third-order valence-electron chi connectivity index (χ3n) is 2.67. The number of sulfonamides is 1. The van der Waals surface area contributed by atoms with Crippen molar-refractivity contribution in [2.75, 3.05) is 25.5 Å². The molecule has 94 valence electrons. The van der Waals surface area contributed by atoms with Crippen LogP contribution in [0.1, 0.15) is 5.56 Å². The van der Waals surface area contributed by atoms with Crippen molar-refractivity contribution in [1.82, 2.24) is 4.31 Å². The largest absolute Gasteiger partial charge is 0.379 e. The molecule has 1 heterocycles. The van der Waals surface area contributed by atoms with Crippen molar-refractivity contribution in [3.63, 3.8) is 0 Å². The van der Waals surface area contributed by atoms with Crippen molar-refractivity contribution < 1.29 is 17.5 Å². The maximum Gasteiger partial charge on any atom is 0.216 e. The average molecular weight is 259 g/mol. The van der Waals surface area contributed by atoms with Crippen LogP contribution in [0, 0.1) is 5.82 Å². The van der Waals surface area contributed by atoms with Gasteiger partial charge >= 0.3 is 0 Å². The van der Waals surface area contributed by atoms with E-state index in [0.29, 0.717) is 12.2 Å². The summed E-state index contributed by atoms with van der Waals surface area (Å²) < 4.78 is 43.5. The van der Waals surface area contributed by atoms with E-state index in [4.69, 9.17) is 4.74 Å². The van der Waals surface area contributed by atoms with Crippen LogP contribution in [0.3, 0.4) is 0 Å². The van der Waals surface area contributed by atoms with E-state index in [1.165, 1.54) is 10.4 Å². The molecule has 2 rings (SSSR count). The number of benzene rings is 1. The molecular formula is C11H14FNO3S. The number of ether oxygens (including phenoxy) is 1. The Balaban J connectivity index is 2.19. The molecule has 1 aliphatic rings. The van der Waals surface area contributed by atoms with E-state index in [0.717, 1.165) is 0 Å². The van der Waals surface area contributed by atoms with Gasteiger partial charge in [0.1, 0.15) is 5.82 Å². The van der Waals surface area contributed by atoms with Gasteiger partial charge in [-0.25, -0.2) is 12.8 Å². The smallest absolute Gasteiger partial charge is 0.216 e. The first-order valence-corrected chi connectivity index (χ1v) is 6.99. The van der Waals surface area contributed by atoms with Gasteiger partial charge in [-0.05, 0) is 6.07 Å². The second-order valence-corrected chi connectivity index (χ2v) is 5.94. The monoisotopic (exact) mass is 259 g/mol. The average Bonchev–Trinajstić information content (AvgIpc) is 2.44. The third kappa shape index (κ3) is 3.02. The number of nitrogens with zero attached hydrogens (tertiary/aromatic N) is 1. The quantitative estimate of drug-likeness (QED) is 0.795. The topological polar surface area (TPSA) is 46.6 Å². The summed E-state index contributed by atoms with van der Waals surface area (Å²) in [7, 11) is -3.33. The van der Waals surface area contributed by atoms with E-state index >= 15 is 0 Å². The van der Waals surface area contributed by atoms with Crippen LogP contribution >= 0.6 is 0 Å². The zero-order valence-electron chi connectivity index (χ0n) is 9.30. The molecule has 0 aromatic heterocycles. The minimum absolute atomic E-state index is 0.0402. The van der Waals surface area contributed by atoms with E-state index in [1.54, 1.807) is 18.2 Å². The number of hydrogen-bond acceptors (Lipinski definition) is 3. The van der Waals surface area contributed by atoms with Crippen molar-refractivity contribution >= 4 is 10.0 Å². The fraction of sp³-hybridized carbons (Fsp3) is 0.455. The fourth-order valence-electron chi connectivity index (χ4n) is 1.69. The first kappa shape index (κ1) is 12.5. The first-order chi connectivity index (χ1) is 8.09. The van der Waals surface area contributed by atoms with E-state index < -0.39 is 10.0 Å². The predicted molar refractivity (Wildman–Crippen MR) is 61.4 cm³/mol. The van der Waals surface area contributed by atoms with Crippen LogP contribution in [0.5, 0.6) is 0 Å². The van der Waals surface area contributed by atoms with Gasteiger partial charge in [0.05, 0.1) is 19.0 Å². The van der Waals surface area contributed by atoms with Crippen molar-refractivity contribution in [2.45, 2.75) is 6.54 Å². The summed E-state index contributed by atoms with van der Waals surface area (Å²) >= 11 is 0. The SMILES string of the molecule is O=S1(=O)CCOCCN1Cc1ccccc1F. The Morgan fingerprint density at radius 2 is 2.06 bits per heavy atom. The number of hydrogen-bond donors (Lipinski definition) is 0. The number of rotatable bonds is 2. The van der Waals surface area contributed by atoms with Gasteiger partial charge in [-0.15, -0.1) is 0 Å². The summed E-state index contributed by atoms with van der Waals surface area (Å²) in [5, 5.41) is 0. The van der Waals surface area contributed by atoms with Gasteiger partial charge in [-0.1, -0.05) is 18.2 Å². The van der Waals surface area contributed by atoms with Crippen LogP contribution < -0.4 is 0 Å². The zero-order valence-corrected chi connectivity index (χ0v) is 10.1. The molecule has 1 saturated heterocycles. The van der Waals surface area contributed by atoms with Crippen molar-refractivity contribution in [1.29, 1.82) is 0 Å². The van der Waals surface area contributed by atoms with Gasteiger partial charge in [0.25, 0.3) is 0 Å². The summed E-state index contributed by atoms with van der Waals surface area (Å²) in [6, 6.07) is 6.20. The van der Waals surface area contributed by atoms with Crippen molar-refractivity contribution in [3.8, 4) is 0 Å². The lowest BCUT2D eigenvalue weighted by Crippen LogP contribution is -2.33. The maximum atomic E-state index is 13.4. The molecule has 1 fully saturated rings. The van der Waals surface area contributed by atoms with E-state index in [2.05, 4.69) is 0 Å². The highest BCUT2D eigenvalue weighted by atomic mass is 32.2. The van der Waals surface area contributed by atoms with Crippen LogP contribution in [0.25, 0.3) is 0 Å². The molecule has 0 N–H and O–H groups in total. The molecule has 17 heavy (non-hydrogen) atoms. The predicted octanol–water partition coefficient (Wildman–Crippen LogP) is 0.988. The third-order valence-corrected chi connectivity index (χ3v) is 4.45. The van der Waals surface area contributed by atoms with Gasteiger partial charge in [-0.2, -0.15) is 4.31 Å². The molecule has 0 atom stereocenters. The van der Waals surface area contributed by atoms with Gasteiger partial charge in [0.15, 0.2) is 0 Å². The summed E-state index contributed by atoms with van der Waals surface area (Å²) in [5.74, 6) is -0.422. The molecule has 0 spiro atoms. The lowest BCUT2D eigenvalue weighted by atomic mass is 10.2. The Morgan fingerprint density at radius 1 is 1.29 bits per heavy atom. The minimum Gasteiger partial charge on any atom is -0.379 e. The van der Waals surface area contributed by atoms with Gasteiger partial charge < -0.3 is 4.74 Å². The summed E-state index contributed by atoms with van der Waals surface area (Å²) in [6.45, 7) is 0.902. The lowest BCUT2D eigenvalue weighted by Gasteiger charge is -2.19. The standard InChI is InChI=1S/C11H14FNO3S/c12-11-4-2-1-3-10(11)9-13-5-6-16-7-8-17(13,14)15/h1-4H,5-9H2. The molecule has 0 aliphatic carbocycles. The molecule has 6 heteroatoms. The second kappa shape index (κ2) is 5.12. The fourth-order valence-corrected chi connectivity index (χ4v) is 2.97. The Bertz CT molecular complexity index is 489. The molecule has 4 nitrogen and oxygen atoms in total. The van der Waals surface area contributed by atoms with Gasteiger partial charge in [-0.3, -0.25) is 0 Å². The van der Waals surface area contributed by atoms with Crippen molar-refractivity contribution in [2.24, 2.45) is 0 Å². The summed E-state index contributed by atoms with van der Waals surface area (Å²) in [6.07, 6.45) is 0. The Morgan fingerprint density at radius 3 is 2.82 bits per heavy atom. The Labute approximate surface area is 100 Å². The molecule has 0 unspecified atom stereocenters. The van der Waals surface area contributed by atoms with E-state index in [1.807, 2.05) is 0 Å². The van der Waals surface area contributed by atoms with Crippen LogP contribution in [0.15, 0.2) is 24.3 Å². The number of halogens is 1. The summed E-state index contributed by atoms with van der Waals surface area (Å²) in [4.78, 5) is 0. The lowest BCUT2D eigenvalue weighted by molar-refractivity contribution is 0.146. The molecule has 0 radical (unpaired) electrons. The maximum absolute atomic E-state index is 13.4. The molecule has 1 aromatic rings. The van der Waals surface area contributed by atoms with Crippen LogP contribution in [-0.4, -0.2) is 38.2 Å². The minimum atomic E-state index is -3.33. The van der Waals surface area contributed by atoms with Crippen molar-refractivity contribution in [3.05, 3.63) is 35.6 Å². The Kier molecular flexibility index (Phi) is 3.76. The second-order valence-electron chi connectivity index (χ2n) is 3.85. The Hall–Kier alpha value is -0.980. The van der Waals surface area contributed by atoms with E-state index in [9.17, 15) is 12.8 Å². The summed E-state index contributed by atoms with van der Waals surface area (Å²) in [5.41, 5.74) is 0.387. The molecule has 0 amide bonds. The van der Waals surface area contributed by atoms with Crippen LogP contribution in [-0.2, 0) is 21.3 Å². The molecule has 1 aliphatic heterocycles. The molecule has 1 aromatic carbocycles. The van der Waals surface area contributed by atoms with Crippen LogP contribution in [0.4, 0.5) is 4.39 Å². The highest BCUT2D eigenvalue weighted by Crippen LogP contribution is 2.14. The van der Waals surface area contributed by atoms with Crippen LogP contribution in [0.2, 0.25) is 0 Å². The normalized spacial score (nSPS) is 21.0. The van der Waals surface area contributed by atoms with E-state index in [-0.39, 0.29) is 31.3 Å². The van der Waals surface area contributed by atoms with Gasteiger partial charge in [0, 0.05) is 18.7 Å². The highest BCUT2D eigenvalue weighted by Gasteiger charge is 2.25. The molecular weight excluding hydrogens is 245 g/mol. The first-order valence-electron chi connectivity index (χ1n) is 5.38. The molecule has 0 bridgehead atoms. The zero-order chi connectivity index (χ0) is 12.3. The van der Waals surface area contributed by atoms with Gasteiger partial charge in [0.2, 0.25) is 10.0 Å². The molecule has 0 saturated carbocycles.